The van der Waals surface area contributed by atoms with E-state index in [1.54, 1.807) is 26.0 Å². The molecule has 2 aromatic rings. The van der Waals surface area contributed by atoms with Crippen molar-refractivity contribution in [3.8, 4) is 5.75 Å². The fourth-order valence-electron chi connectivity index (χ4n) is 2.34. The Hall–Kier alpha value is -3.03. The van der Waals surface area contributed by atoms with E-state index in [4.69, 9.17) is 20.0 Å². The van der Waals surface area contributed by atoms with E-state index >= 15 is 0 Å². The number of aromatic nitrogens is 1. The zero-order valence-corrected chi connectivity index (χ0v) is 12.6. The number of furan rings is 1. The van der Waals surface area contributed by atoms with Crippen LogP contribution in [0.5, 0.6) is 5.75 Å². The van der Waals surface area contributed by atoms with E-state index in [9.17, 15) is 9.59 Å². The third-order valence-corrected chi connectivity index (χ3v) is 3.43. The highest BCUT2D eigenvalue weighted by Crippen LogP contribution is 2.37. The zero-order chi connectivity index (χ0) is 16.8. The van der Waals surface area contributed by atoms with Crippen LogP contribution in [0.2, 0.25) is 0 Å². The van der Waals surface area contributed by atoms with Gasteiger partial charge >= 0.3 is 5.97 Å². The molecule has 120 valence electrons. The summed E-state index contributed by atoms with van der Waals surface area (Å²) in [5.74, 6) is -0.416. The molecule has 0 radical (unpaired) electrons. The average molecular weight is 317 g/mol. The van der Waals surface area contributed by atoms with Crippen LogP contribution in [0.4, 0.5) is 11.6 Å². The van der Waals surface area contributed by atoms with Gasteiger partial charge in [0.2, 0.25) is 5.76 Å². The minimum Gasteiger partial charge on any atom is -0.475 e. The summed E-state index contributed by atoms with van der Waals surface area (Å²) in [5, 5.41) is 8.91. The number of aromatic carboxylic acids is 1. The number of amides is 1. The van der Waals surface area contributed by atoms with Crippen LogP contribution < -0.4 is 15.4 Å². The summed E-state index contributed by atoms with van der Waals surface area (Å²) in [5.41, 5.74) is 4.61. The molecule has 0 atom stereocenters. The van der Waals surface area contributed by atoms with E-state index in [0.29, 0.717) is 11.5 Å². The van der Waals surface area contributed by atoms with Gasteiger partial charge in [0.15, 0.2) is 17.2 Å². The maximum absolute atomic E-state index is 12.6. The third-order valence-electron chi connectivity index (χ3n) is 3.43. The van der Waals surface area contributed by atoms with Crippen LogP contribution in [0.25, 0.3) is 0 Å². The number of rotatable bonds is 3. The molecule has 2 aromatic heterocycles. The normalized spacial score (nSPS) is 15.9. The predicted molar refractivity (Wildman–Crippen MR) is 80.2 cm³/mol. The lowest BCUT2D eigenvalue weighted by Gasteiger charge is -2.37. The number of hydrogen-bond donors (Lipinski definition) is 2. The third kappa shape index (κ3) is 2.59. The van der Waals surface area contributed by atoms with Gasteiger partial charge in [-0.1, -0.05) is 0 Å². The molecule has 0 aromatic carbocycles. The summed E-state index contributed by atoms with van der Waals surface area (Å²) < 4.78 is 10.9. The van der Waals surface area contributed by atoms with E-state index in [-0.39, 0.29) is 29.8 Å². The maximum atomic E-state index is 12.6. The van der Waals surface area contributed by atoms with Gasteiger partial charge in [-0.3, -0.25) is 9.69 Å². The van der Waals surface area contributed by atoms with E-state index in [1.165, 1.54) is 17.0 Å². The summed E-state index contributed by atoms with van der Waals surface area (Å²) in [6, 6.07) is 6.06. The summed E-state index contributed by atoms with van der Waals surface area (Å²) in [6.07, 6.45) is 0. The summed E-state index contributed by atoms with van der Waals surface area (Å²) in [4.78, 5) is 29.0. The Morgan fingerprint density at radius 2 is 2.09 bits per heavy atom. The molecule has 0 unspecified atom stereocenters. The smallest absolute Gasteiger partial charge is 0.371 e. The molecule has 0 fully saturated rings. The molecule has 3 N–H and O–H groups in total. The fourth-order valence-corrected chi connectivity index (χ4v) is 2.34. The minimum atomic E-state index is -1.17. The van der Waals surface area contributed by atoms with Gasteiger partial charge in [-0.15, -0.1) is 0 Å². The molecule has 23 heavy (non-hydrogen) atoms. The molecule has 0 saturated carbocycles. The second-order valence-electron chi connectivity index (χ2n) is 5.63. The molecule has 8 heteroatoms. The molecule has 1 aliphatic heterocycles. The fraction of sp³-hybridized carbons (Fsp3) is 0.267. The van der Waals surface area contributed by atoms with Gasteiger partial charge in [0, 0.05) is 0 Å². The lowest BCUT2D eigenvalue weighted by Crippen LogP contribution is -2.52. The van der Waals surface area contributed by atoms with Crippen molar-refractivity contribution in [2.24, 2.45) is 0 Å². The Kier molecular flexibility index (Phi) is 3.24. The molecule has 1 aliphatic rings. The van der Waals surface area contributed by atoms with Crippen LogP contribution in [0.3, 0.4) is 0 Å². The highest BCUT2D eigenvalue weighted by Gasteiger charge is 2.42. The zero-order valence-electron chi connectivity index (χ0n) is 12.6. The van der Waals surface area contributed by atoms with Gasteiger partial charge in [0.05, 0.1) is 6.54 Å². The molecule has 0 spiro atoms. The number of nitrogens with two attached hydrogens (primary N) is 1. The highest BCUT2D eigenvalue weighted by atomic mass is 16.5. The molecule has 3 rings (SSSR count). The molecule has 0 saturated heterocycles. The lowest BCUT2D eigenvalue weighted by atomic mass is 10.1. The first-order valence-electron chi connectivity index (χ1n) is 6.87. The molecule has 3 heterocycles. The van der Waals surface area contributed by atoms with Crippen molar-refractivity contribution >= 4 is 23.5 Å². The number of carboxylic acids is 1. The van der Waals surface area contributed by atoms with Crippen molar-refractivity contribution in [1.82, 2.24) is 4.98 Å². The van der Waals surface area contributed by atoms with Crippen molar-refractivity contribution in [2.45, 2.75) is 26.0 Å². The SMILES string of the molecule is CC1(C)Oc2ccc(N)nc2N(Cc2ccc(C(=O)O)o2)C1=O. The molecular weight excluding hydrogens is 302 g/mol. The quantitative estimate of drug-likeness (QED) is 0.883. The number of ether oxygens (including phenoxy) is 1. The predicted octanol–water partition coefficient (Wildman–Crippen LogP) is 1.66. The van der Waals surface area contributed by atoms with Crippen molar-refractivity contribution in [3.05, 3.63) is 35.8 Å². The summed E-state index contributed by atoms with van der Waals surface area (Å²) in [6.45, 7) is 3.32. The van der Waals surface area contributed by atoms with Crippen molar-refractivity contribution in [3.63, 3.8) is 0 Å². The van der Waals surface area contributed by atoms with Crippen LogP contribution >= 0.6 is 0 Å². The maximum Gasteiger partial charge on any atom is 0.371 e. The monoisotopic (exact) mass is 317 g/mol. The molecule has 0 bridgehead atoms. The number of carbonyl (C=O) groups excluding carboxylic acids is 1. The number of hydrogen-bond acceptors (Lipinski definition) is 6. The van der Waals surface area contributed by atoms with Crippen LogP contribution in [0.15, 0.2) is 28.7 Å². The van der Waals surface area contributed by atoms with Gasteiger partial charge in [-0.05, 0) is 38.1 Å². The van der Waals surface area contributed by atoms with E-state index < -0.39 is 11.6 Å². The summed E-state index contributed by atoms with van der Waals surface area (Å²) >= 11 is 0. The van der Waals surface area contributed by atoms with E-state index in [0.717, 1.165) is 0 Å². The number of fused-ring (bicyclic) bond motifs is 1. The number of pyridine rings is 1. The Labute approximate surface area is 131 Å². The van der Waals surface area contributed by atoms with Crippen LogP contribution in [0.1, 0.15) is 30.2 Å². The van der Waals surface area contributed by atoms with Crippen LogP contribution in [-0.4, -0.2) is 27.6 Å². The lowest BCUT2D eigenvalue weighted by molar-refractivity contribution is -0.133. The van der Waals surface area contributed by atoms with Crippen molar-refractivity contribution in [2.75, 3.05) is 10.6 Å². The number of carboxylic acid groups (broad SMARTS) is 1. The second kappa shape index (κ2) is 5.01. The molecular formula is C15H15N3O5. The topological polar surface area (TPSA) is 119 Å². The number of anilines is 2. The van der Waals surface area contributed by atoms with E-state index in [1.807, 2.05) is 0 Å². The Morgan fingerprint density at radius 3 is 2.74 bits per heavy atom. The first-order chi connectivity index (χ1) is 10.8. The highest BCUT2D eigenvalue weighted by molar-refractivity contribution is 6.01. The first-order valence-corrected chi connectivity index (χ1v) is 6.87. The Balaban J connectivity index is 2.00. The molecule has 1 amide bonds. The first kappa shape index (κ1) is 14.9. The number of carbonyl (C=O) groups is 2. The van der Waals surface area contributed by atoms with E-state index in [2.05, 4.69) is 4.98 Å². The standard InChI is InChI=1S/C15H15N3O5/c1-15(2)14(21)18(7-8-3-4-10(22-8)13(19)20)12-9(23-15)5-6-11(16)17-12/h3-6H,7H2,1-2H3,(H2,16,17)(H,19,20). The van der Waals surface area contributed by atoms with Crippen LogP contribution in [-0.2, 0) is 11.3 Å². The molecule has 8 nitrogen and oxygen atoms in total. The Bertz CT molecular complexity index is 796. The number of nitrogens with zero attached hydrogens (tertiary/aromatic N) is 2. The van der Waals surface area contributed by atoms with Gasteiger partial charge < -0.3 is 20.0 Å². The molecule has 0 aliphatic carbocycles. The Morgan fingerprint density at radius 1 is 1.35 bits per heavy atom. The second-order valence-corrected chi connectivity index (χ2v) is 5.63. The average Bonchev–Trinajstić information content (AvgIpc) is 2.93. The van der Waals surface area contributed by atoms with Crippen molar-refractivity contribution < 1.29 is 23.8 Å². The van der Waals surface area contributed by atoms with Gasteiger partial charge in [0.1, 0.15) is 11.6 Å². The van der Waals surface area contributed by atoms with Crippen molar-refractivity contribution in [1.29, 1.82) is 0 Å². The van der Waals surface area contributed by atoms with Gasteiger partial charge in [-0.25, -0.2) is 9.78 Å². The summed E-state index contributed by atoms with van der Waals surface area (Å²) in [7, 11) is 0. The number of nitrogen functional groups attached to an aromatic ring is 1. The van der Waals surface area contributed by atoms with Gasteiger partial charge in [0.25, 0.3) is 5.91 Å². The van der Waals surface area contributed by atoms with Gasteiger partial charge in [-0.2, -0.15) is 0 Å². The van der Waals surface area contributed by atoms with Crippen LogP contribution in [0, 0.1) is 0 Å². The minimum absolute atomic E-state index is 0.0301. The largest absolute Gasteiger partial charge is 0.475 e.